The van der Waals surface area contributed by atoms with E-state index < -0.39 is 17.3 Å². The quantitative estimate of drug-likeness (QED) is 0.835. The van der Waals surface area contributed by atoms with Crippen LogP contribution in [0, 0.1) is 0 Å². The lowest BCUT2D eigenvalue weighted by atomic mass is 9.94. The van der Waals surface area contributed by atoms with Gasteiger partial charge in [-0.1, -0.05) is 25.7 Å². The van der Waals surface area contributed by atoms with E-state index >= 15 is 0 Å². The first-order chi connectivity index (χ1) is 9.39. The predicted molar refractivity (Wildman–Crippen MR) is 70.4 cm³/mol. The number of pyridine rings is 1. The van der Waals surface area contributed by atoms with Gasteiger partial charge in [-0.2, -0.15) is 13.2 Å². The minimum absolute atomic E-state index is 0.150. The van der Waals surface area contributed by atoms with Gasteiger partial charge in [-0.3, -0.25) is 0 Å². The number of nitrogens with one attached hydrogen (secondary N) is 1. The van der Waals surface area contributed by atoms with E-state index in [1.807, 2.05) is 0 Å². The molecule has 1 aliphatic carbocycles. The minimum Gasteiger partial charge on any atom is -0.388 e. The average molecular weight is 288 g/mol. The number of rotatable bonds is 3. The van der Waals surface area contributed by atoms with Crippen LogP contribution in [0.5, 0.6) is 0 Å². The fourth-order valence-electron chi connectivity index (χ4n) is 2.52. The smallest absolute Gasteiger partial charge is 0.388 e. The third-order valence-electron chi connectivity index (χ3n) is 3.72. The predicted octanol–water partition coefficient (Wildman–Crippen LogP) is 3.60. The van der Waals surface area contributed by atoms with E-state index in [1.165, 1.54) is 0 Å². The van der Waals surface area contributed by atoms with Gasteiger partial charge < -0.3 is 10.4 Å². The Morgan fingerprint density at radius 3 is 2.45 bits per heavy atom. The Morgan fingerprint density at radius 1 is 1.20 bits per heavy atom. The molecule has 0 amide bonds. The zero-order valence-electron chi connectivity index (χ0n) is 11.2. The largest absolute Gasteiger partial charge is 0.416 e. The molecule has 0 radical (unpaired) electrons. The van der Waals surface area contributed by atoms with Crippen LogP contribution in [-0.2, 0) is 6.18 Å². The molecule has 0 bridgehead atoms. The number of anilines is 1. The van der Waals surface area contributed by atoms with Crippen molar-refractivity contribution in [3.63, 3.8) is 0 Å². The lowest BCUT2D eigenvalue weighted by Gasteiger charge is -2.27. The second kappa shape index (κ2) is 5.99. The zero-order chi connectivity index (χ0) is 14.6. The molecule has 6 heteroatoms. The first kappa shape index (κ1) is 15.1. The highest BCUT2D eigenvalue weighted by Crippen LogP contribution is 2.31. The highest BCUT2D eigenvalue weighted by atomic mass is 19.4. The molecule has 20 heavy (non-hydrogen) atoms. The third kappa shape index (κ3) is 4.10. The number of hydrogen-bond acceptors (Lipinski definition) is 3. The van der Waals surface area contributed by atoms with Crippen molar-refractivity contribution in [3.05, 3.63) is 23.9 Å². The summed E-state index contributed by atoms with van der Waals surface area (Å²) in [4.78, 5) is 3.87. The summed E-state index contributed by atoms with van der Waals surface area (Å²) in [6.07, 6.45) is 2.22. The van der Waals surface area contributed by atoms with E-state index in [0.717, 1.165) is 44.0 Å². The van der Waals surface area contributed by atoms with E-state index in [2.05, 4.69) is 10.3 Å². The monoisotopic (exact) mass is 288 g/mol. The Balaban J connectivity index is 1.99. The summed E-state index contributed by atoms with van der Waals surface area (Å²) in [5.74, 6) is 0.150. The van der Waals surface area contributed by atoms with Gasteiger partial charge in [0.05, 0.1) is 11.2 Å². The maximum Gasteiger partial charge on any atom is 0.416 e. The summed E-state index contributed by atoms with van der Waals surface area (Å²) in [5, 5.41) is 13.3. The summed E-state index contributed by atoms with van der Waals surface area (Å²) in [6, 6.07) is 1.91. The van der Waals surface area contributed by atoms with E-state index in [4.69, 9.17) is 0 Å². The highest BCUT2D eigenvalue weighted by Gasteiger charge is 2.31. The number of alkyl halides is 3. The van der Waals surface area contributed by atoms with Crippen molar-refractivity contribution in [2.75, 3.05) is 11.9 Å². The Hall–Kier alpha value is -1.30. The van der Waals surface area contributed by atoms with Crippen LogP contribution >= 0.6 is 0 Å². The topological polar surface area (TPSA) is 45.1 Å². The summed E-state index contributed by atoms with van der Waals surface area (Å²) in [5.41, 5.74) is -1.57. The summed E-state index contributed by atoms with van der Waals surface area (Å²) < 4.78 is 37.8. The van der Waals surface area contributed by atoms with Gasteiger partial charge in [0, 0.05) is 12.7 Å². The summed E-state index contributed by atoms with van der Waals surface area (Å²) in [7, 11) is 0. The Morgan fingerprint density at radius 2 is 1.85 bits per heavy atom. The normalized spacial score (nSPS) is 19.4. The van der Waals surface area contributed by atoms with Crippen molar-refractivity contribution in [1.29, 1.82) is 0 Å². The molecule has 1 aliphatic rings. The van der Waals surface area contributed by atoms with Gasteiger partial charge >= 0.3 is 6.18 Å². The summed E-state index contributed by atoms with van der Waals surface area (Å²) >= 11 is 0. The number of aliphatic hydroxyl groups is 1. The summed E-state index contributed by atoms with van der Waals surface area (Å²) in [6.45, 7) is 0.237. The molecule has 0 aromatic carbocycles. The zero-order valence-corrected chi connectivity index (χ0v) is 11.2. The number of aromatic nitrogens is 1. The van der Waals surface area contributed by atoms with Gasteiger partial charge in [0.15, 0.2) is 0 Å². The molecule has 1 aromatic heterocycles. The molecule has 112 valence electrons. The molecule has 1 saturated carbocycles. The number of hydrogen-bond donors (Lipinski definition) is 2. The van der Waals surface area contributed by atoms with Gasteiger partial charge in [0.1, 0.15) is 5.82 Å². The molecule has 0 aliphatic heterocycles. The standard InChI is InChI=1S/C14H19F3N2O/c15-14(16,17)11-5-8-18-12(9-11)19-10-13(20)6-3-1-2-4-7-13/h5,8-9,20H,1-4,6-7,10H2,(H,18,19). The molecule has 1 heterocycles. The molecular formula is C14H19F3N2O. The average Bonchev–Trinajstić information content (AvgIpc) is 2.61. The van der Waals surface area contributed by atoms with Crippen molar-refractivity contribution in [2.45, 2.75) is 50.3 Å². The molecule has 2 N–H and O–H groups in total. The SMILES string of the molecule is OC1(CNc2cc(C(F)(F)F)ccn2)CCCCCC1. The molecule has 2 rings (SSSR count). The van der Waals surface area contributed by atoms with E-state index in [9.17, 15) is 18.3 Å². The first-order valence-corrected chi connectivity index (χ1v) is 6.89. The molecule has 0 spiro atoms. The molecular weight excluding hydrogens is 269 g/mol. The van der Waals surface area contributed by atoms with Crippen molar-refractivity contribution < 1.29 is 18.3 Å². The van der Waals surface area contributed by atoms with E-state index in [1.54, 1.807) is 0 Å². The van der Waals surface area contributed by atoms with Crippen molar-refractivity contribution in [2.24, 2.45) is 0 Å². The van der Waals surface area contributed by atoms with Gasteiger partial charge in [-0.25, -0.2) is 4.98 Å². The third-order valence-corrected chi connectivity index (χ3v) is 3.72. The Kier molecular flexibility index (Phi) is 4.52. The van der Waals surface area contributed by atoms with Crippen LogP contribution in [0.15, 0.2) is 18.3 Å². The van der Waals surface area contributed by atoms with Crippen LogP contribution in [-0.4, -0.2) is 22.2 Å². The van der Waals surface area contributed by atoms with E-state index in [-0.39, 0.29) is 12.4 Å². The molecule has 0 unspecified atom stereocenters. The minimum atomic E-state index is -4.38. The van der Waals surface area contributed by atoms with Crippen molar-refractivity contribution in [3.8, 4) is 0 Å². The fourth-order valence-corrected chi connectivity index (χ4v) is 2.52. The van der Waals surface area contributed by atoms with Gasteiger partial charge in [-0.15, -0.1) is 0 Å². The van der Waals surface area contributed by atoms with Gasteiger partial charge in [0.2, 0.25) is 0 Å². The highest BCUT2D eigenvalue weighted by molar-refractivity contribution is 5.38. The lowest BCUT2D eigenvalue weighted by Crippen LogP contribution is -2.36. The second-order valence-electron chi connectivity index (χ2n) is 5.42. The van der Waals surface area contributed by atoms with E-state index in [0.29, 0.717) is 12.8 Å². The van der Waals surface area contributed by atoms with Gasteiger partial charge in [0.25, 0.3) is 0 Å². The Bertz CT molecular complexity index is 440. The van der Waals surface area contributed by atoms with Crippen LogP contribution in [0.1, 0.15) is 44.1 Å². The molecule has 3 nitrogen and oxygen atoms in total. The molecule has 1 aromatic rings. The van der Waals surface area contributed by atoms with Crippen molar-refractivity contribution in [1.82, 2.24) is 4.98 Å². The van der Waals surface area contributed by atoms with Crippen LogP contribution in [0.2, 0.25) is 0 Å². The molecule has 0 atom stereocenters. The maximum atomic E-state index is 12.6. The van der Waals surface area contributed by atoms with Gasteiger partial charge in [-0.05, 0) is 25.0 Å². The second-order valence-corrected chi connectivity index (χ2v) is 5.42. The maximum absolute atomic E-state index is 12.6. The Labute approximate surface area is 116 Å². The molecule has 0 saturated heterocycles. The molecule has 1 fully saturated rings. The fraction of sp³-hybridized carbons (Fsp3) is 0.643. The van der Waals surface area contributed by atoms with Crippen LogP contribution in [0.4, 0.5) is 19.0 Å². The lowest BCUT2D eigenvalue weighted by molar-refractivity contribution is -0.137. The number of nitrogens with zero attached hydrogens (tertiary/aromatic N) is 1. The first-order valence-electron chi connectivity index (χ1n) is 6.89. The van der Waals surface area contributed by atoms with Crippen LogP contribution in [0.3, 0.4) is 0 Å². The van der Waals surface area contributed by atoms with Crippen LogP contribution in [0.25, 0.3) is 0 Å². The van der Waals surface area contributed by atoms with Crippen molar-refractivity contribution >= 4 is 5.82 Å². The number of halogens is 3. The van der Waals surface area contributed by atoms with Crippen LogP contribution < -0.4 is 5.32 Å².